The van der Waals surface area contributed by atoms with E-state index in [1.54, 1.807) is 26.4 Å². The Labute approximate surface area is 192 Å². The Morgan fingerprint density at radius 2 is 2.15 bits per heavy atom. The normalized spacial score (nSPS) is 24.0. The Morgan fingerprint density at radius 3 is 2.97 bits per heavy atom. The van der Waals surface area contributed by atoms with E-state index in [4.69, 9.17) is 9.72 Å². The van der Waals surface area contributed by atoms with Crippen LogP contribution in [0.2, 0.25) is 0 Å². The van der Waals surface area contributed by atoms with Crippen LogP contribution in [0.5, 0.6) is 5.75 Å². The molecule has 1 N–H and O–H groups in total. The maximum absolute atomic E-state index is 12.1. The molecule has 0 bridgehead atoms. The third-order valence-electron chi connectivity index (χ3n) is 7.42. The zero-order chi connectivity index (χ0) is 22.7. The zero-order valence-electron chi connectivity index (χ0n) is 19.3. The fourth-order valence-corrected chi connectivity index (χ4v) is 5.52. The number of likely N-dealkylation sites (tertiary alicyclic amines) is 1. The molecule has 3 unspecified atom stereocenters. The molecule has 0 spiro atoms. The van der Waals surface area contributed by atoms with Crippen molar-refractivity contribution in [3.63, 3.8) is 0 Å². The van der Waals surface area contributed by atoms with Crippen molar-refractivity contribution in [2.45, 2.75) is 38.9 Å². The van der Waals surface area contributed by atoms with E-state index >= 15 is 0 Å². The van der Waals surface area contributed by atoms with Crippen LogP contribution in [-0.4, -0.2) is 68.7 Å². The summed E-state index contributed by atoms with van der Waals surface area (Å²) in [5, 5.41) is 8.82. The van der Waals surface area contributed by atoms with E-state index in [-0.39, 0.29) is 11.9 Å². The maximum atomic E-state index is 12.1. The number of fused-ring (bicyclic) bond motifs is 3. The van der Waals surface area contributed by atoms with Gasteiger partial charge in [0.25, 0.3) is 0 Å². The molecule has 1 amide bonds. The Bertz CT molecular complexity index is 1240. The van der Waals surface area contributed by atoms with Crippen molar-refractivity contribution in [3.8, 4) is 5.75 Å². The molecule has 1 aliphatic carbocycles. The summed E-state index contributed by atoms with van der Waals surface area (Å²) in [5.74, 6) is 2.68. The summed E-state index contributed by atoms with van der Waals surface area (Å²) in [6.45, 7) is 5.16. The van der Waals surface area contributed by atoms with E-state index in [0.717, 1.165) is 48.5 Å². The van der Waals surface area contributed by atoms with Crippen molar-refractivity contribution in [1.29, 1.82) is 0 Å². The van der Waals surface area contributed by atoms with Crippen LogP contribution >= 0.6 is 0 Å². The minimum Gasteiger partial charge on any atom is -0.495 e. The Kier molecular flexibility index (Phi) is 4.76. The summed E-state index contributed by atoms with van der Waals surface area (Å²) in [5.41, 5.74) is 4.26. The molecule has 3 aromatic rings. The van der Waals surface area contributed by atoms with E-state index in [1.807, 2.05) is 9.58 Å². The number of hydrogen-bond donors (Lipinski definition) is 1. The van der Waals surface area contributed by atoms with E-state index in [9.17, 15) is 4.79 Å². The molecule has 1 saturated carbocycles. The molecule has 3 atom stereocenters. The van der Waals surface area contributed by atoms with Crippen LogP contribution < -0.4 is 10.1 Å². The molecule has 9 heteroatoms. The first kappa shape index (κ1) is 20.4. The number of aromatic nitrogens is 4. The molecule has 2 fully saturated rings. The molecular formula is C24H29N7O2. The molecule has 1 aromatic carbocycles. The topological polar surface area (TPSA) is 88.4 Å². The molecular weight excluding hydrogens is 418 g/mol. The molecule has 3 aliphatic rings. The van der Waals surface area contributed by atoms with Crippen molar-refractivity contribution in [3.05, 3.63) is 35.7 Å². The average Bonchev–Trinajstić information content (AvgIpc) is 3.33. The number of rotatable bonds is 5. The number of benzene rings is 1. The number of anilines is 2. The monoisotopic (exact) mass is 447 g/mol. The number of piperidine rings is 1. The van der Waals surface area contributed by atoms with Crippen molar-refractivity contribution in [2.75, 3.05) is 32.6 Å². The highest BCUT2D eigenvalue weighted by molar-refractivity contribution is 5.76. The first-order valence-corrected chi connectivity index (χ1v) is 11.6. The summed E-state index contributed by atoms with van der Waals surface area (Å²) in [6.07, 6.45) is 5.82. The fourth-order valence-electron chi connectivity index (χ4n) is 5.52. The number of methoxy groups -OCH3 is 1. The highest BCUT2D eigenvalue weighted by Crippen LogP contribution is 2.50. The SMILES string of the molecule is COc1cc2c(cc1Nc1ncc3cnn(CC4C5CC5CN4C(C)=O)c3n1)CN(C)CC2. The number of nitrogens with zero attached hydrogens (tertiary/aromatic N) is 6. The van der Waals surface area contributed by atoms with E-state index in [0.29, 0.717) is 24.3 Å². The molecule has 4 heterocycles. The van der Waals surface area contributed by atoms with Crippen molar-refractivity contribution >= 4 is 28.6 Å². The summed E-state index contributed by atoms with van der Waals surface area (Å²) in [7, 11) is 3.83. The van der Waals surface area contributed by atoms with Gasteiger partial charge < -0.3 is 19.9 Å². The van der Waals surface area contributed by atoms with Gasteiger partial charge in [0.05, 0.1) is 37.0 Å². The van der Waals surface area contributed by atoms with Gasteiger partial charge in [-0.15, -0.1) is 0 Å². The van der Waals surface area contributed by atoms with Gasteiger partial charge in [0.2, 0.25) is 11.9 Å². The minimum atomic E-state index is 0.144. The fraction of sp³-hybridized carbons (Fsp3) is 0.500. The van der Waals surface area contributed by atoms with E-state index in [2.05, 4.69) is 39.5 Å². The second kappa shape index (κ2) is 7.69. The first-order chi connectivity index (χ1) is 16.0. The lowest BCUT2D eigenvalue weighted by atomic mass is 9.99. The van der Waals surface area contributed by atoms with Crippen LogP contribution in [0.15, 0.2) is 24.5 Å². The van der Waals surface area contributed by atoms with Gasteiger partial charge in [-0.05, 0) is 55.0 Å². The van der Waals surface area contributed by atoms with Crippen LogP contribution in [0, 0.1) is 11.8 Å². The summed E-state index contributed by atoms with van der Waals surface area (Å²) in [4.78, 5) is 25.7. The van der Waals surface area contributed by atoms with Crippen molar-refractivity contribution < 1.29 is 9.53 Å². The van der Waals surface area contributed by atoms with Crippen molar-refractivity contribution in [1.82, 2.24) is 29.5 Å². The first-order valence-electron chi connectivity index (χ1n) is 11.6. The predicted octanol–water partition coefficient (Wildman–Crippen LogP) is 2.43. The lowest BCUT2D eigenvalue weighted by Crippen LogP contribution is -2.39. The largest absolute Gasteiger partial charge is 0.495 e. The smallest absolute Gasteiger partial charge is 0.229 e. The molecule has 9 nitrogen and oxygen atoms in total. The van der Waals surface area contributed by atoms with Gasteiger partial charge >= 0.3 is 0 Å². The van der Waals surface area contributed by atoms with Crippen LogP contribution in [-0.2, 0) is 24.3 Å². The van der Waals surface area contributed by atoms with Gasteiger partial charge in [-0.1, -0.05) is 0 Å². The minimum absolute atomic E-state index is 0.144. The molecule has 172 valence electrons. The number of nitrogens with one attached hydrogen (secondary N) is 1. The molecule has 0 radical (unpaired) electrons. The highest BCUT2D eigenvalue weighted by atomic mass is 16.5. The second-order valence-electron chi connectivity index (χ2n) is 9.63. The molecule has 2 aromatic heterocycles. The molecule has 6 rings (SSSR count). The Hall–Kier alpha value is -3.20. The molecule has 1 saturated heterocycles. The summed E-state index contributed by atoms with van der Waals surface area (Å²) in [6, 6.07) is 4.46. The lowest BCUT2D eigenvalue weighted by Gasteiger charge is -2.26. The van der Waals surface area contributed by atoms with Gasteiger partial charge in [-0.2, -0.15) is 10.1 Å². The number of ether oxygens (including phenoxy) is 1. The predicted molar refractivity (Wildman–Crippen MR) is 124 cm³/mol. The average molecular weight is 448 g/mol. The van der Waals surface area contributed by atoms with Crippen molar-refractivity contribution in [2.24, 2.45) is 11.8 Å². The van der Waals surface area contributed by atoms with Gasteiger partial charge in [-0.25, -0.2) is 9.67 Å². The van der Waals surface area contributed by atoms with Crippen LogP contribution in [0.3, 0.4) is 0 Å². The summed E-state index contributed by atoms with van der Waals surface area (Å²) >= 11 is 0. The zero-order valence-corrected chi connectivity index (χ0v) is 19.3. The van der Waals surface area contributed by atoms with Gasteiger partial charge in [0.15, 0.2) is 5.65 Å². The van der Waals surface area contributed by atoms with Crippen LogP contribution in [0.4, 0.5) is 11.6 Å². The lowest BCUT2D eigenvalue weighted by molar-refractivity contribution is -0.130. The van der Waals surface area contributed by atoms with Crippen LogP contribution in [0.25, 0.3) is 11.0 Å². The standard InChI is InChI=1S/C24H29N7O2/c1-14(32)30-12-17-6-19(17)21(30)13-31-23-18(10-26-31)9-25-24(28-23)27-20-7-16-11-29(2)5-4-15(16)8-22(20)33-3/h7-10,17,19,21H,4-6,11-13H2,1-3H3,(H,25,27,28). The summed E-state index contributed by atoms with van der Waals surface area (Å²) < 4.78 is 7.58. The van der Waals surface area contributed by atoms with Gasteiger partial charge in [-0.3, -0.25) is 4.79 Å². The van der Waals surface area contributed by atoms with E-state index in [1.165, 1.54) is 17.5 Å². The number of likely N-dealkylation sites (N-methyl/N-ethyl adjacent to an activating group) is 1. The Morgan fingerprint density at radius 1 is 1.27 bits per heavy atom. The third kappa shape index (κ3) is 3.60. The quantitative estimate of drug-likeness (QED) is 0.643. The van der Waals surface area contributed by atoms with E-state index < -0.39 is 0 Å². The Balaban J connectivity index is 1.29. The molecule has 33 heavy (non-hydrogen) atoms. The number of carbonyl (C=O) groups is 1. The second-order valence-corrected chi connectivity index (χ2v) is 9.63. The third-order valence-corrected chi connectivity index (χ3v) is 7.42. The molecule has 2 aliphatic heterocycles. The van der Waals surface area contributed by atoms with Crippen LogP contribution in [0.1, 0.15) is 24.5 Å². The van der Waals surface area contributed by atoms with Gasteiger partial charge in [0, 0.05) is 32.8 Å². The highest BCUT2D eigenvalue weighted by Gasteiger charge is 2.53. The number of carbonyl (C=O) groups excluding carboxylic acids is 1. The van der Waals surface area contributed by atoms with Gasteiger partial charge in [0.1, 0.15) is 5.75 Å². The maximum Gasteiger partial charge on any atom is 0.229 e. The number of amides is 1. The number of hydrogen-bond acceptors (Lipinski definition) is 7.